The predicted molar refractivity (Wildman–Crippen MR) is 91.0 cm³/mol. The number of phenols is 1. The number of hydrogen-bond donors (Lipinski definition) is 4. The SMILES string of the molecule is CC(=O)Nc1cc(Nc2cc(C)c(N)cc2C)c(Cl)cc1O. The molecule has 116 valence electrons. The van der Waals surface area contributed by atoms with Gasteiger partial charge in [-0.2, -0.15) is 0 Å². The summed E-state index contributed by atoms with van der Waals surface area (Å²) in [5.74, 6) is -0.362. The molecule has 0 saturated carbocycles. The highest BCUT2D eigenvalue weighted by molar-refractivity contribution is 6.33. The van der Waals surface area contributed by atoms with Gasteiger partial charge in [0.15, 0.2) is 0 Å². The van der Waals surface area contributed by atoms with Crippen LogP contribution in [-0.4, -0.2) is 11.0 Å². The van der Waals surface area contributed by atoms with Crippen LogP contribution in [0.3, 0.4) is 0 Å². The van der Waals surface area contributed by atoms with Crippen molar-refractivity contribution in [2.45, 2.75) is 20.8 Å². The molecule has 0 aromatic heterocycles. The van der Waals surface area contributed by atoms with E-state index in [2.05, 4.69) is 10.6 Å². The first-order chi connectivity index (χ1) is 10.3. The van der Waals surface area contributed by atoms with Gasteiger partial charge < -0.3 is 21.5 Å². The summed E-state index contributed by atoms with van der Waals surface area (Å²) < 4.78 is 0. The van der Waals surface area contributed by atoms with E-state index in [1.165, 1.54) is 13.0 Å². The molecule has 22 heavy (non-hydrogen) atoms. The minimum absolute atomic E-state index is 0.0871. The number of amides is 1. The van der Waals surface area contributed by atoms with Gasteiger partial charge in [0.2, 0.25) is 5.91 Å². The van der Waals surface area contributed by atoms with Crippen molar-refractivity contribution in [3.8, 4) is 5.75 Å². The van der Waals surface area contributed by atoms with Crippen molar-refractivity contribution in [1.82, 2.24) is 0 Å². The Morgan fingerprint density at radius 2 is 1.77 bits per heavy atom. The summed E-state index contributed by atoms with van der Waals surface area (Å²) in [6, 6.07) is 6.77. The fourth-order valence-corrected chi connectivity index (χ4v) is 2.27. The first-order valence-electron chi connectivity index (χ1n) is 6.71. The lowest BCUT2D eigenvalue weighted by atomic mass is 10.1. The zero-order valence-electron chi connectivity index (χ0n) is 12.6. The number of nitrogen functional groups attached to an aromatic ring is 1. The molecule has 0 bridgehead atoms. The number of aromatic hydroxyl groups is 1. The topological polar surface area (TPSA) is 87.4 Å². The first-order valence-corrected chi connectivity index (χ1v) is 7.09. The molecule has 5 nitrogen and oxygen atoms in total. The Hall–Kier alpha value is -2.40. The van der Waals surface area contributed by atoms with E-state index in [4.69, 9.17) is 17.3 Å². The van der Waals surface area contributed by atoms with Gasteiger partial charge in [-0.15, -0.1) is 0 Å². The van der Waals surface area contributed by atoms with E-state index in [9.17, 15) is 9.90 Å². The number of rotatable bonds is 3. The Bertz CT molecular complexity index is 745. The van der Waals surface area contributed by atoms with Gasteiger partial charge in [-0.05, 0) is 43.2 Å². The zero-order chi connectivity index (χ0) is 16.4. The molecule has 0 aliphatic heterocycles. The second-order valence-corrected chi connectivity index (χ2v) is 5.59. The van der Waals surface area contributed by atoms with Crippen LogP contribution < -0.4 is 16.4 Å². The number of aryl methyl sites for hydroxylation is 2. The zero-order valence-corrected chi connectivity index (χ0v) is 13.4. The third kappa shape index (κ3) is 3.43. The van der Waals surface area contributed by atoms with Gasteiger partial charge in [0, 0.05) is 24.4 Å². The van der Waals surface area contributed by atoms with Gasteiger partial charge in [0.1, 0.15) is 5.75 Å². The number of nitrogens with one attached hydrogen (secondary N) is 2. The fraction of sp³-hybridized carbons (Fsp3) is 0.188. The van der Waals surface area contributed by atoms with Crippen molar-refractivity contribution in [1.29, 1.82) is 0 Å². The summed E-state index contributed by atoms with van der Waals surface area (Å²) in [6.45, 7) is 5.22. The van der Waals surface area contributed by atoms with E-state index in [0.717, 1.165) is 22.5 Å². The molecule has 6 heteroatoms. The highest BCUT2D eigenvalue weighted by Gasteiger charge is 2.11. The smallest absolute Gasteiger partial charge is 0.221 e. The van der Waals surface area contributed by atoms with E-state index in [0.29, 0.717) is 16.4 Å². The molecule has 0 aliphatic carbocycles. The summed E-state index contributed by atoms with van der Waals surface area (Å²) in [5, 5.41) is 15.9. The van der Waals surface area contributed by atoms with Crippen LogP contribution in [0.4, 0.5) is 22.7 Å². The molecule has 1 amide bonds. The number of hydrogen-bond acceptors (Lipinski definition) is 4. The molecule has 0 saturated heterocycles. The minimum atomic E-state index is -0.275. The first kappa shape index (κ1) is 16.0. The Labute approximate surface area is 134 Å². The van der Waals surface area contributed by atoms with Gasteiger partial charge in [0.05, 0.1) is 16.4 Å². The van der Waals surface area contributed by atoms with Crippen molar-refractivity contribution < 1.29 is 9.90 Å². The predicted octanol–water partition coefficient (Wildman–Crippen LogP) is 3.95. The highest BCUT2D eigenvalue weighted by atomic mass is 35.5. The number of carbonyl (C=O) groups is 1. The number of carbonyl (C=O) groups excluding carboxylic acids is 1. The molecule has 2 aromatic rings. The molecule has 0 fully saturated rings. The van der Waals surface area contributed by atoms with Crippen molar-refractivity contribution in [3.63, 3.8) is 0 Å². The second kappa shape index (κ2) is 6.15. The lowest BCUT2D eigenvalue weighted by Gasteiger charge is -2.15. The van der Waals surface area contributed by atoms with Gasteiger partial charge in [0.25, 0.3) is 0 Å². The van der Waals surface area contributed by atoms with Gasteiger partial charge >= 0.3 is 0 Å². The molecule has 0 atom stereocenters. The number of benzene rings is 2. The highest BCUT2D eigenvalue weighted by Crippen LogP contribution is 2.36. The molecule has 0 heterocycles. The van der Waals surface area contributed by atoms with Gasteiger partial charge in [-0.1, -0.05) is 11.6 Å². The van der Waals surface area contributed by atoms with E-state index in [1.54, 1.807) is 6.07 Å². The van der Waals surface area contributed by atoms with Gasteiger partial charge in [-0.25, -0.2) is 0 Å². The molecule has 0 unspecified atom stereocenters. The average Bonchev–Trinajstić information content (AvgIpc) is 2.40. The van der Waals surface area contributed by atoms with E-state index >= 15 is 0 Å². The summed E-state index contributed by atoms with van der Waals surface area (Å²) in [4.78, 5) is 11.2. The molecule has 2 rings (SSSR count). The summed E-state index contributed by atoms with van der Waals surface area (Å²) in [7, 11) is 0. The number of halogens is 1. The molecular weight excluding hydrogens is 302 g/mol. The maximum absolute atomic E-state index is 11.2. The van der Waals surface area contributed by atoms with Crippen molar-refractivity contribution in [2.75, 3.05) is 16.4 Å². The van der Waals surface area contributed by atoms with Crippen molar-refractivity contribution in [2.24, 2.45) is 0 Å². The molecule has 0 aliphatic rings. The molecular formula is C16H18ClN3O2. The Morgan fingerprint density at radius 1 is 1.09 bits per heavy atom. The van der Waals surface area contributed by atoms with Gasteiger partial charge in [-0.3, -0.25) is 4.79 Å². The Kier molecular flexibility index (Phi) is 4.47. The van der Waals surface area contributed by atoms with Crippen LogP contribution in [0.25, 0.3) is 0 Å². The second-order valence-electron chi connectivity index (χ2n) is 5.18. The van der Waals surface area contributed by atoms with Crippen LogP contribution in [0.15, 0.2) is 24.3 Å². The van der Waals surface area contributed by atoms with Crippen molar-refractivity contribution >= 4 is 40.3 Å². The quantitative estimate of drug-likeness (QED) is 0.392. The molecule has 5 N–H and O–H groups in total. The van der Waals surface area contributed by atoms with E-state index in [-0.39, 0.29) is 11.7 Å². The fourth-order valence-electron chi connectivity index (χ4n) is 2.07. The lowest BCUT2D eigenvalue weighted by molar-refractivity contribution is -0.114. The monoisotopic (exact) mass is 319 g/mol. The molecule has 0 spiro atoms. The Morgan fingerprint density at radius 3 is 2.41 bits per heavy atom. The van der Waals surface area contributed by atoms with Crippen LogP contribution >= 0.6 is 11.6 Å². The van der Waals surface area contributed by atoms with Crippen LogP contribution in [0.1, 0.15) is 18.1 Å². The van der Waals surface area contributed by atoms with E-state index in [1.807, 2.05) is 26.0 Å². The lowest BCUT2D eigenvalue weighted by Crippen LogP contribution is -2.06. The number of nitrogens with two attached hydrogens (primary N) is 1. The van der Waals surface area contributed by atoms with E-state index < -0.39 is 0 Å². The van der Waals surface area contributed by atoms with Crippen LogP contribution in [-0.2, 0) is 4.79 Å². The maximum Gasteiger partial charge on any atom is 0.221 e. The van der Waals surface area contributed by atoms with Crippen molar-refractivity contribution in [3.05, 3.63) is 40.4 Å². The largest absolute Gasteiger partial charge is 0.506 e. The maximum atomic E-state index is 11.2. The normalized spacial score (nSPS) is 10.4. The number of phenolic OH excluding ortho intramolecular Hbond substituents is 1. The molecule has 0 radical (unpaired) electrons. The standard InChI is InChI=1S/C16H18ClN3O2/c1-8-5-13(9(2)4-12(8)18)20-14-7-15(19-10(3)21)16(22)6-11(14)17/h4-7,20,22H,18H2,1-3H3,(H,19,21). The average molecular weight is 320 g/mol. The third-order valence-corrected chi connectivity index (χ3v) is 3.59. The summed E-state index contributed by atoms with van der Waals surface area (Å²) >= 11 is 6.15. The Balaban J connectivity index is 2.41. The van der Waals surface area contributed by atoms with Crippen LogP contribution in [0, 0.1) is 13.8 Å². The minimum Gasteiger partial charge on any atom is -0.506 e. The third-order valence-electron chi connectivity index (χ3n) is 3.28. The van der Waals surface area contributed by atoms with Crippen LogP contribution in [0.5, 0.6) is 5.75 Å². The molecule has 2 aromatic carbocycles. The van der Waals surface area contributed by atoms with Crippen LogP contribution in [0.2, 0.25) is 5.02 Å². The number of anilines is 4. The summed E-state index contributed by atoms with van der Waals surface area (Å²) in [5.41, 5.74) is 10.2. The summed E-state index contributed by atoms with van der Waals surface area (Å²) in [6.07, 6.45) is 0.